The summed E-state index contributed by atoms with van der Waals surface area (Å²) in [6.45, 7) is 6.04. The SMILES string of the molecule is CN=C(NCC1CCCN(C)C1c1cccs1)N1CCN(c2ccccn2)CC1. The summed E-state index contributed by atoms with van der Waals surface area (Å²) in [6, 6.07) is 11.1. The summed E-state index contributed by atoms with van der Waals surface area (Å²) in [5, 5.41) is 5.89. The highest BCUT2D eigenvalue weighted by atomic mass is 32.1. The Morgan fingerprint density at radius 1 is 1.17 bits per heavy atom. The molecule has 2 aliphatic rings. The first kappa shape index (κ1) is 20.2. The quantitative estimate of drug-likeness (QED) is 0.618. The molecule has 2 atom stereocenters. The van der Waals surface area contributed by atoms with Gasteiger partial charge in [-0.15, -0.1) is 11.3 Å². The molecule has 0 aliphatic carbocycles. The van der Waals surface area contributed by atoms with Gasteiger partial charge in [-0.3, -0.25) is 9.89 Å². The third-order valence-electron chi connectivity index (χ3n) is 6.13. The van der Waals surface area contributed by atoms with Gasteiger partial charge >= 0.3 is 0 Å². The lowest BCUT2D eigenvalue weighted by Crippen LogP contribution is -2.53. The molecule has 2 aromatic heterocycles. The molecule has 4 rings (SSSR count). The largest absolute Gasteiger partial charge is 0.356 e. The van der Waals surface area contributed by atoms with Gasteiger partial charge in [-0.25, -0.2) is 4.98 Å². The van der Waals surface area contributed by atoms with Crippen molar-refractivity contribution in [1.29, 1.82) is 0 Å². The van der Waals surface area contributed by atoms with Crippen LogP contribution in [0.5, 0.6) is 0 Å². The number of piperidine rings is 1. The topological polar surface area (TPSA) is 47.0 Å². The molecule has 0 radical (unpaired) electrons. The lowest BCUT2D eigenvalue weighted by molar-refractivity contribution is 0.124. The van der Waals surface area contributed by atoms with Crippen LogP contribution in [0.15, 0.2) is 46.9 Å². The smallest absolute Gasteiger partial charge is 0.193 e. The number of nitrogens with zero attached hydrogens (tertiary/aromatic N) is 5. The molecule has 0 spiro atoms. The van der Waals surface area contributed by atoms with Crippen molar-refractivity contribution < 1.29 is 0 Å². The second kappa shape index (κ2) is 9.59. The second-order valence-electron chi connectivity index (χ2n) is 7.93. The fourth-order valence-electron chi connectivity index (χ4n) is 4.63. The van der Waals surface area contributed by atoms with Gasteiger partial charge in [0.1, 0.15) is 5.82 Å². The summed E-state index contributed by atoms with van der Waals surface area (Å²) >= 11 is 1.88. The Kier molecular flexibility index (Phi) is 6.67. The Morgan fingerprint density at radius 3 is 2.72 bits per heavy atom. The number of nitrogens with one attached hydrogen (secondary N) is 1. The molecule has 0 saturated carbocycles. The molecule has 156 valence electrons. The molecule has 2 saturated heterocycles. The molecule has 4 heterocycles. The number of likely N-dealkylation sites (tertiary alicyclic amines) is 1. The number of rotatable bonds is 4. The van der Waals surface area contributed by atoms with Crippen LogP contribution in [0, 0.1) is 5.92 Å². The zero-order valence-electron chi connectivity index (χ0n) is 17.5. The lowest BCUT2D eigenvalue weighted by Gasteiger charge is -2.40. The molecule has 2 unspecified atom stereocenters. The van der Waals surface area contributed by atoms with E-state index >= 15 is 0 Å². The summed E-state index contributed by atoms with van der Waals surface area (Å²) in [4.78, 5) is 17.8. The summed E-state index contributed by atoms with van der Waals surface area (Å²) in [5.74, 6) is 2.71. The first-order valence-corrected chi connectivity index (χ1v) is 11.5. The van der Waals surface area contributed by atoms with Gasteiger partial charge in [0.2, 0.25) is 0 Å². The summed E-state index contributed by atoms with van der Waals surface area (Å²) in [5.41, 5.74) is 0. The van der Waals surface area contributed by atoms with Crippen LogP contribution in [0.25, 0.3) is 0 Å². The van der Waals surface area contributed by atoms with Gasteiger partial charge in [-0.05, 0) is 55.9 Å². The predicted molar refractivity (Wildman–Crippen MR) is 122 cm³/mol. The maximum atomic E-state index is 4.59. The highest BCUT2D eigenvalue weighted by Crippen LogP contribution is 2.36. The van der Waals surface area contributed by atoms with E-state index in [1.54, 1.807) is 0 Å². The van der Waals surface area contributed by atoms with Gasteiger partial charge in [0.05, 0.1) is 0 Å². The minimum absolute atomic E-state index is 0.510. The Labute approximate surface area is 178 Å². The average Bonchev–Trinajstić information content (AvgIpc) is 3.30. The maximum absolute atomic E-state index is 4.59. The van der Waals surface area contributed by atoms with Crippen LogP contribution < -0.4 is 10.2 Å². The third kappa shape index (κ3) is 4.73. The van der Waals surface area contributed by atoms with Crippen molar-refractivity contribution in [2.75, 3.05) is 58.3 Å². The van der Waals surface area contributed by atoms with Gasteiger partial charge in [0.15, 0.2) is 5.96 Å². The number of hydrogen-bond acceptors (Lipinski definition) is 5. The van der Waals surface area contributed by atoms with Crippen molar-refractivity contribution in [1.82, 2.24) is 20.1 Å². The van der Waals surface area contributed by atoms with Gasteiger partial charge in [-0.1, -0.05) is 12.1 Å². The fourth-order valence-corrected chi connectivity index (χ4v) is 5.61. The molecule has 2 fully saturated rings. The van der Waals surface area contributed by atoms with E-state index in [1.165, 1.54) is 24.3 Å². The molecule has 29 heavy (non-hydrogen) atoms. The van der Waals surface area contributed by atoms with Crippen molar-refractivity contribution in [3.63, 3.8) is 0 Å². The first-order chi connectivity index (χ1) is 14.3. The number of guanidine groups is 1. The van der Waals surface area contributed by atoms with Crippen LogP contribution in [0.4, 0.5) is 5.82 Å². The van der Waals surface area contributed by atoms with Crippen LogP contribution in [-0.2, 0) is 0 Å². The highest BCUT2D eigenvalue weighted by Gasteiger charge is 2.31. The Hall–Kier alpha value is -2.12. The van der Waals surface area contributed by atoms with Crippen LogP contribution >= 0.6 is 11.3 Å². The Balaban J connectivity index is 1.34. The monoisotopic (exact) mass is 412 g/mol. The normalized spacial score (nSPS) is 24.0. The average molecular weight is 413 g/mol. The van der Waals surface area contributed by atoms with Crippen LogP contribution in [0.2, 0.25) is 0 Å². The first-order valence-electron chi connectivity index (χ1n) is 10.6. The number of anilines is 1. The van der Waals surface area contributed by atoms with E-state index in [9.17, 15) is 0 Å². The highest BCUT2D eigenvalue weighted by molar-refractivity contribution is 7.10. The van der Waals surface area contributed by atoms with E-state index in [-0.39, 0.29) is 0 Å². The maximum Gasteiger partial charge on any atom is 0.193 e. The summed E-state index contributed by atoms with van der Waals surface area (Å²) in [6.07, 6.45) is 4.41. The van der Waals surface area contributed by atoms with Crippen molar-refractivity contribution in [3.05, 3.63) is 46.8 Å². The Morgan fingerprint density at radius 2 is 2.03 bits per heavy atom. The van der Waals surface area contributed by atoms with Crippen molar-refractivity contribution in [3.8, 4) is 0 Å². The standard InChI is InChI=1S/C22H32N6S/c1-23-22(28-14-12-27(13-15-28)20-9-3-4-10-24-20)25-17-18-7-5-11-26(2)21(18)19-8-6-16-29-19/h3-4,6,8-10,16,18,21H,5,7,11-15,17H2,1-2H3,(H,23,25). The van der Waals surface area contributed by atoms with Gasteiger partial charge in [0, 0.05) is 56.9 Å². The molecule has 0 aromatic carbocycles. The molecular weight excluding hydrogens is 380 g/mol. The van der Waals surface area contributed by atoms with Crippen molar-refractivity contribution >= 4 is 23.1 Å². The van der Waals surface area contributed by atoms with E-state index < -0.39 is 0 Å². The second-order valence-corrected chi connectivity index (χ2v) is 8.91. The molecule has 6 nitrogen and oxygen atoms in total. The van der Waals surface area contributed by atoms with Crippen LogP contribution in [0.3, 0.4) is 0 Å². The zero-order chi connectivity index (χ0) is 20.1. The molecule has 2 aromatic rings. The van der Waals surface area contributed by atoms with Crippen molar-refractivity contribution in [2.45, 2.75) is 18.9 Å². The van der Waals surface area contributed by atoms with E-state index in [2.05, 4.69) is 66.7 Å². The minimum Gasteiger partial charge on any atom is -0.356 e. The summed E-state index contributed by atoms with van der Waals surface area (Å²) in [7, 11) is 4.17. The number of aromatic nitrogens is 1. The van der Waals surface area contributed by atoms with E-state index in [0.29, 0.717) is 12.0 Å². The van der Waals surface area contributed by atoms with Gasteiger partial charge < -0.3 is 15.1 Å². The number of thiophene rings is 1. The van der Waals surface area contributed by atoms with Crippen LogP contribution in [0.1, 0.15) is 23.8 Å². The number of aliphatic imine (C=N–C) groups is 1. The summed E-state index contributed by atoms with van der Waals surface area (Å²) < 4.78 is 0. The molecule has 2 aliphatic heterocycles. The molecule has 0 amide bonds. The van der Waals surface area contributed by atoms with E-state index in [1.807, 2.05) is 30.6 Å². The zero-order valence-corrected chi connectivity index (χ0v) is 18.3. The predicted octanol–water partition coefficient (Wildman–Crippen LogP) is 2.92. The van der Waals surface area contributed by atoms with Crippen molar-refractivity contribution in [2.24, 2.45) is 10.9 Å². The number of pyridine rings is 1. The molecule has 0 bridgehead atoms. The molecule has 1 N–H and O–H groups in total. The van der Waals surface area contributed by atoms with E-state index in [0.717, 1.165) is 44.5 Å². The van der Waals surface area contributed by atoms with Gasteiger partial charge in [-0.2, -0.15) is 0 Å². The number of hydrogen-bond donors (Lipinski definition) is 1. The van der Waals surface area contributed by atoms with E-state index in [4.69, 9.17) is 0 Å². The molecular formula is C22H32N6S. The number of piperazine rings is 1. The lowest BCUT2D eigenvalue weighted by atomic mass is 9.88. The third-order valence-corrected chi connectivity index (χ3v) is 7.07. The minimum atomic E-state index is 0.510. The molecule has 7 heteroatoms. The van der Waals surface area contributed by atoms with Crippen LogP contribution in [-0.4, -0.2) is 74.1 Å². The Bertz CT molecular complexity index is 770. The van der Waals surface area contributed by atoms with Gasteiger partial charge in [0.25, 0.3) is 0 Å². The fraction of sp³-hybridized carbons (Fsp3) is 0.545.